The fourth-order valence-corrected chi connectivity index (χ4v) is 8.53. The Labute approximate surface area is 346 Å². The van der Waals surface area contributed by atoms with Gasteiger partial charge in [0, 0.05) is 12.1 Å². The van der Waals surface area contributed by atoms with Crippen molar-refractivity contribution in [1.82, 2.24) is 0 Å². The molecule has 1 N–H and O–H groups in total. The predicted octanol–water partition coefficient (Wildman–Crippen LogP) is 19.2. The number of hydrogen-bond donors (Lipinski definition) is 1. The number of carbonyl (C=O) groups is 1. The number of anilines is 1. The molecule has 0 fully saturated rings. The van der Waals surface area contributed by atoms with E-state index in [1.807, 2.05) is 30.3 Å². The maximum absolute atomic E-state index is 12.0. The number of carbonyl (C=O) groups excluding carboxylic acids is 1. The van der Waals surface area contributed by atoms with E-state index in [0.717, 1.165) is 12.1 Å². The molecule has 0 unspecified atom stereocenters. The molecule has 0 heterocycles. The quantitative estimate of drug-likeness (QED) is 0.0658. The summed E-state index contributed by atoms with van der Waals surface area (Å²) in [4.78, 5) is 12.0. The molecule has 0 bridgehead atoms. The van der Waals surface area contributed by atoms with Crippen molar-refractivity contribution in [1.29, 1.82) is 0 Å². The van der Waals surface area contributed by atoms with E-state index >= 15 is 0 Å². The van der Waals surface area contributed by atoms with Crippen LogP contribution in [-0.2, 0) is 4.79 Å². The number of para-hydroxylation sites is 1. The molecule has 1 aromatic carbocycles. The zero-order chi connectivity index (χ0) is 39.2. The third-order valence-corrected chi connectivity index (χ3v) is 12.3. The SMILES string of the molecule is CCCCCCCCCCCCCCCCCCCCCCCCCCCCCCCCCCCCCCCCCCCCCCC(=O)Nc1ccccc1. The highest BCUT2D eigenvalue weighted by atomic mass is 16.1. The smallest absolute Gasteiger partial charge is 0.224 e. The van der Waals surface area contributed by atoms with Gasteiger partial charge in [0.05, 0.1) is 0 Å². The number of nitrogens with one attached hydrogen (secondary N) is 1. The molecule has 322 valence electrons. The van der Waals surface area contributed by atoms with Crippen molar-refractivity contribution in [2.75, 3.05) is 5.32 Å². The molecular formula is C53H99NO. The molecule has 55 heavy (non-hydrogen) atoms. The summed E-state index contributed by atoms with van der Waals surface area (Å²) in [5.74, 6) is 0.151. The minimum Gasteiger partial charge on any atom is -0.326 e. The highest BCUT2D eigenvalue weighted by Crippen LogP contribution is 2.18. The molecule has 0 aliphatic rings. The van der Waals surface area contributed by atoms with E-state index in [1.165, 1.54) is 276 Å². The normalized spacial score (nSPS) is 11.4. The summed E-state index contributed by atoms with van der Waals surface area (Å²) < 4.78 is 0. The topological polar surface area (TPSA) is 29.1 Å². The van der Waals surface area contributed by atoms with Crippen LogP contribution in [0.2, 0.25) is 0 Å². The second-order valence-corrected chi connectivity index (χ2v) is 17.9. The minimum absolute atomic E-state index is 0.151. The van der Waals surface area contributed by atoms with Crippen LogP contribution in [0.25, 0.3) is 0 Å². The maximum atomic E-state index is 12.0. The van der Waals surface area contributed by atoms with Crippen LogP contribution in [0.3, 0.4) is 0 Å². The van der Waals surface area contributed by atoms with E-state index in [2.05, 4.69) is 12.2 Å². The van der Waals surface area contributed by atoms with Gasteiger partial charge in [0.2, 0.25) is 5.91 Å². The molecule has 0 aromatic heterocycles. The molecule has 0 spiro atoms. The zero-order valence-electron chi connectivity index (χ0n) is 37.6. The lowest BCUT2D eigenvalue weighted by Gasteiger charge is -2.05. The second-order valence-electron chi connectivity index (χ2n) is 17.9. The lowest BCUT2D eigenvalue weighted by Crippen LogP contribution is -2.10. The first kappa shape index (κ1) is 51.7. The van der Waals surface area contributed by atoms with E-state index in [0.29, 0.717) is 6.42 Å². The van der Waals surface area contributed by atoms with Gasteiger partial charge >= 0.3 is 0 Å². The first-order valence-electron chi connectivity index (χ1n) is 25.7. The van der Waals surface area contributed by atoms with Crippen molar-refractivity contribution in [2.24, 2.45) is 0 Å². The largest absolute Gasteiger partial charge is 0.326 e. The summed E-state index contributed by atoms with van der Waals surface area (Å²) in [6, 6.07) is 9.80. The third-order valence-electron chi connectivity index (χ3n) is 12.3. The molecule has 2 heteroatoms. The summed E-state index contributed by atoms with van der Waals surface area (Å²) in [7, 11) is 0. The predicted molar refractivity (Wildman–Crippen MR) is 249 cm³/mol. The Balaban J connectivity index is 1.61. The average molecular weight is 766 g/mol. The minimum atomic E-state index is 0.151. The van der Waals surface area contributed by atoms with Gasteiger partial charge in [-0.05, 0) is 18.6 Å². The van der Waals surface area contributed by atoms with E-state index in [1.54, 1.807) is 0 Å². The lowest BCUT2D eigenvalue weighted by atomic mass is 10.0. The summed E-state index contributed by atoms with van der Waals surface area (Å²) in [5.41, 5.74) is 0.907. The number of hydrogen-bond acceptors (Lipinski definition) is 1. The molecular weight excluding hydrogens is 667 g/mol. The highest BCUT2D eigenvalue weighted by Gasteiger charge is 2.02. The molecule has 0 saturated carbocycles. The van der Waals surface area contributed by atoms with E-state index in [9.17, 15) is 4.79 Å². The van der Waals surface area contributed by atoms with Crippen molar-refractivity contribution in [3.8, 4) is 0 Å². The van der Waals surface area contributed by atoms with E-state index in [-0.39, 0.29) is 5.91 Å². The van der Waals surface area contributed by atoms with Crippen LogP contribution >= 0.6 is 0 Å². The second kappa shape index (κ2) is 45.4. The van der Waals surface area contributed by atoms with Crippen LogP contribution in [0.5, 0.6) is 0 Å². The molecule has 0 aliphatic carbocycles. The van der Waals surface area contributed by atoms with Crippen LogP contribution in [-0.4, -0.2) is 5.91 Å². The molecule has 0 aliphatic heterocycles. The summed E-state index contributed by atoms with van der Waals surface area (Å²) in [5, 5.41) is 2.98. The Kier molecular flexibility index (Phi) is 42.7. The van der Waals surface area contributed by atoms with Gasteiger partial charge < -0.3 is 5.32 Å². The summed E-state index contributed by atoms with van der Waals surface area (Å²) in [6.07, 6.45) is 64.2. The average Bonchev–Trinajstić information content (AvgIpc) is 3.20. The molecule has 1 amide bonds. The molecule has 2 nitrogen and oxygen atoms in total. The molecule has 1 aromatic rings. The Morgan fingerprint density at radius 2 is 0.509 bits per heavy atom. The summed E-state index contributed by atoms with van der Waals surface area (Å²) >= 11 is 0. The van der Waals surface area contributed by atoms with Gasteiger partial charge in [0.1, 0.15) is 0 Å². The van der Waals surface area contributed by atoms with E-state index < -0.39 is 0 Å². The Hall–Kier alpha value is -1.31. The van der Waals surface area contributed by atoms with Crippen LogP contribution < -0.4 is 5.32 Å². The van der Waals surface area contributed by atoms with Gasteiger partial charge in [-0.15, -0.1) is 0 Å². The summed E-state index contributed by atoms with van der Waals surface area (Å²) in [6.45, 7) is 2.31. The van der Waals surface area contributed by atoms with Crippen molar-refractivity contribution in [3.63, 3.8) is 0 Å². The maximum Gasteiger partial charge on any atom is 0.224 e. The van der Waals surface area contributed by atoms with Crippen LogP contribution in [0.4, 0.5) is 5.69 Å². The number of benzene rings is 1. The van der Waals surface area contributed by atoms with Crippen molar-refractivity contribution >= 4 is 11.6 Å². The van der Waals surface area contributed by atoms with E-state index in [4.69, 9.17) is 0 Å². The number of rotatable bonds is 46. The van der Waals surface area contributed by atoms with Crippen molar-refractivity contribution < 1.29 is 4.79 Å². The third kappa shape index (κ3) is 42.1. The molecule has 0 atom stereocenters. The molecule has 1 rings (SSSR count). The Morgan fingerprint density at radius 3 is 0.727 bits per heavy atom. The van der Waals surface area contributed by atoms with Gasteiger partial charge in [0.15, 0.2) is 0 Å². The van der Waals surface area contributed by atoms with Crippen molar-refractivity contribution in [2.45, 2.75) is 296 Å². The zero-order valence-corrected chi connectivity index (χ0v) is 37.6. The first-order chi connectivity index (χ1) is 27.3. The van der Waals surface area contributed by atoms with Gasteiger partial charge in [0.25, 0.3) is 0 Å². The van der Waals surface area contributed by atoms with Gasteiger partial charge in [-0.25, -0.2) is 0 Å². The number of amides is 1. The first-order valence-corrected chi connectivity index (χ1v) is 25.7. The molecule has 0 saturated heterocycles. The highest BCUT2D eigenvalue weighted by molar-refractivity contribution is 5.90. The van der Waals surface area contributed by atoms with Crippen LogP contribution in [0, 0.1) is 0 Å². The fraction of sp³-hybridized carbons (Fsp3) is 0.868. The van der Waals surface area contributed by atoms with Crippen LogP contribution in [0.15, 0.2) is 30.3 Å². The Bertz CT molecular complexity index is 851. The fourth-order valence-electron chi connectivity index (χ4n) is 8.53. The van der Waals surface area contributed by atoms with Crippen molar-refractivity contribution in [3.05, 3.63) is 30.3 Å². The van der Waals surface area contributed by atoms with Gasteiger partial charge in [-0.2, -0.15) is 0 Å². The number of unbranched alkanes of at least 4 members (excludes halogenated alkanes) is 43. The molecule has 0 radical (unpaired) electrons. The van der Waals surface area contributed by atoms with Gasteiger partial charge in [-0.3, -0.25) is 4.79 Å². The monoisotopic (exact) mass is 766 g/mol. The Morgan fingerprint density at radius 1 is 0.309 bits per heavy atom. The lowest BCUT2D eigenvalue weighted by molar-refractivity contribution is -0.116. The van der Waals surface area contributed by atoms with Crippen LogP contribution in [0.1, 0.15) is 296 Å². The standard InChI is InChI=1S/C53H99NO/c1-2-3-4-5-6-7-8-9-10-11-12-13-14-15-16-17-18-19-20-21-22-23-24-25-26-27-28-29-30-31-32-33-34-35-36-37-38-39-40-41-42-43-44-48-51-53(55)54-52-49-46-45-47-50-52/h45-47,49-50H,2-44,48,51H2,1H3,(H,54,55). The van der Waals surface area contributed by atoms with Gasteiger partial charge in [-0.1, -0.05) is 301 Å².